The molecule has 19 heavy (non-hydrogen) atoms. The van der Waals surface area contributed by atoms with Crippen molar-refractivity contribution in [2.45, 2.75) is 58.6 Å². The van der Waals surface area contributed by atoms with Gasteiger partial charge in [0.05, 0.1) is 5.60 Å². The Morgan fingerprint density at radius 1 is 1.11 bits per heavy atom. The highest BCUT2D eigenvalue weighted by atomic mass is 16.5. The summed E-state index contributed by atoms with van der Waals surface area (Å²) in [4.78, 5) is 0. The molecule has 1 rings (SSSR count). The maximum Gasteiger partial charge on any atom is 0.0637 e. The molecule has 0 radical (unpaired) electrons. The van der Waals surface area contributed by atoms with Crippen LogP contribution in [0, 0.1) is 0 Å². The van der Waals surface area contributed by atoms with E-state index in [1.165, 1.54) is 11.1 Å². The highest BCUT2D eigenvalue weighted by Gasteiger charge is 2.22. The van der Waals surface area contributed by atoms with Crippen LogP contribution < -0.4 is 5.32 Å². The fraction of sp³-hybridized carbons (Fsp3) is 0.647. The number of hydrogen-bond donors (Lipinski definition) is 1. The molecule has 0 aliphatic carbocycles. The lowest BCUT2D eigenvalue weighted by Gasteiger charge is -2.29. The van der Waals surface area contributed by atoms with Crippen molar-refractivity contribution in [3.63, 3.8) is 0 Å². The molecule has 1 aromatic rings. The quantitative estimate of drug-likeness (QED) is 0.774. The number of aryl methyl sites for hydroxylation is 1. The molecule has 1 aromatic carbocycles. The molecular weight excluding hydrogens is 234 g/mol. The Labute approximate surface area is 118 Å². The van der Waals surface area contributed by atoms with Gasteiger partial charge in [-0.15, -0.1) is 0 Å². The van der Waals surface area contributed by atoms with Crippen LogP contribution in [0.2, 0.25) is 0 Å². The molecule has 1 N–H and O–H groups in total. The lowest BCUT2D eigenvalue weighted by Crippen LogP contribution is -2.39. The van der Waals surface area contributed by atoms with Crippen LogP contribution in [0.4, 0.5) is 0 Å². The van der Waals surface area contributed by atoms with Crippen LogP contribution in [0.15, 0.2) is 24.3 Å². The second kappa shape index (κ2) is 7.66. The Kier molecular flexibility index (Phi) is 6.53. The number of nitrogens with one attached hydrogen (secondary N) is 1. The van der Waals surface area contributed by atoms with Crippen molar-refractivity contribution < 1.29 is 4.74 Å². The van der Waals surface area contributed by atoms with E-state index in [1.54, 1.807) is 7.11 Å². The predicted octanol–water partition coefficient (Wildman–Crippen LogP) is 3.58. The summed E-state index contributed by atoms with van der Waals surface area (Å²) in [7, 11) is 1.79. The molecule has 2 heteroatoms. The first-order valence-corrected chi connectivity index (χ1v) is 7.37. The van der Waals surface area contributed by atoms with E-state index in [9.17, 15) is 0 Å². The van der Waals surface area contributed by atoms with Gasteiger partial charge in [0, 0.05) is 13.2 Å². The van der Waals surface area contributed by atoms with Crippen molar-refractivity contribution in [1.29, 1.82) is 0 Å². The SMILES string of the molecule is CCNC(Cc1ccc(CC)cc1)CC(C)(C)OC. The Morgan fingerprint density at radius 3 is 2.16 bits per heavy atom. The van der Waals surface area contributed by atoms with Crippen LogP contribution in [0.1, 0.15) is 45.2 Å². The molecule has 0 aromatic heterocycles. The highest BCUT2D eigenvalue weighted by molar-refractivity contribution is 5.23. The molecule has 2 nitrogen and oxygen atoms in total. The van der Waals surface area contributed by atoms with Gasteiger partial charge in [-0.05, 0) is 50.8 Å². The Balaban J connectivity index is 2.66. The lowest BCUT2D eigenvalue weighted by atomic mass is 9.93. The van der Waals surface area contributed by atoms with E-state index in [0.29, 0.717) is 6.04 Å². The maximum absolute atomic E-state index is 5.55. The van der Waals surface area contributed by atoms with Gasteiger partial charge in [-0.1, -0.05) is 38.1 Å². The fourth-order valence-electron chi connectivity index (χ4n) is 2.38. The predicted molar refractivity (Wildman–Crippen MR) is 82.7 cm³/mol. The Morgan fingerprint density at radius 2 is 1.68 bits per heavy atom. The van der Waals surface area contributed by atoms with Gasteiger partial charge < -0.3 is 10.1 Å². The highest BCUT2D eigenvalue weighted by Crippen LogP contribution is 2.18. The van der Waals surface area contributed by atoms with Gasteiger partial charge in [0.25, 0.3) is 0 Å². The topological polar surface area (TPSA) is 21.3 Å². The van der Waals surface area contributed by atoms with Crippen molar-refractivity contribution >= 4 is 0 Å². The average Bonchev–Trinajstić information content (AvgIpc) is 2.39. The van der Waals surface area contributed by atoms with Crippen LogP contribution >= 0.6 is 0 Å². The lowest BCUT2D eigenvalue weighted by molar-refractivity contribution is 0.00726. The van der Waals surface area contributed by atoms with E-state index in [0.717, 1.165) is 25.8 Å². The first-order chi connectivity index (χ1) is 9.00. The molecule has 0 saturated heterocycles. The van der Waals surface area contributed by atoms with Crippen molar-refractivity contribution in [2.75, 3.05) is 13.7 Å². The van der Waals surface area contributed by atoms with Crippen LogP contribution in [0.25, 0.3) is 0 Å². The van der Waals surface area contributed by atoms with Gasteiger partial charge in [0.2, 0.25) is 0 Å². The average molecular weight is 263 g/mol. The number of methoxy groups -OCH3 is 1. The summed E-state index contributed by atoms with van der Waals surface area (Å²) in [5.74, 6) is 0. The summed E-state index contributed by atoms with van der Waals surface area (Å²) in [5.41, 5.74) is 2.73. The summed E-state index contributed by atoms with van der Waals surface area (Å²) in [6, 6.07) is 9.44. The first-order valence-electron chi connectivity index (χ1n) is 7.37. The minimum Gasteiger partial charge on any atom is -0.379 e. The van der Waals surface area contributed by atoms with Crippen LogP contribution in [-0.2, 0) is 17.6 Å². The van der Waals surface area contributed by atoms with E-state index in [2.05, 4.69) is 57.3 Å². The third-order valence-corrected chi connectivity index (χ3v) is 3.70. The Hall–Kier alpha value is -0.860. The summed E-state index contributed by atoms with van der Waals surface area (Å²) in [6.45, 7) is 9.65. The minimum absolute atomic E-state index is 0.0732. The first kappa shape index (κ1) is 16.2. The molecule has 1 atom stereocenters. The molecule has 0 aliphatic rings. The zero-order valence-corrected chi connectivity index (χ0v) is 13.1. The van der Waals surface area contributed by atoms with Crippen LogP contribution in [-0.4, -0.2) is 25.3 Å². The number of rotatable bonds is 8. The largest absolute Gasteiger partial charge is 0.379 e. The van der Waals surface area contributed by atoms with E-state index < -0.39 is 0 Å². The number of benzene rings is 1. The van der Waals surface area contributed by atoms with Gasteiger partial charge in [-0.3, -0.25) is 0 Å². The molecule has 0 amide bonds. The molecule has 0 bridgehead atoms. The fourth-order valence-corrected chi connectivity index (χ4v) is 2.38. The van der Waals surface area contributed by atoms with Crippen LogP contribution in [0.3, 0.4) is 0 Å². The summed E-state index contributed by atoms with van der Waals surface area (Å²) in [5, 5.41) is 3.57. The van der Waals surface area contributed by atoms with E-state index >= 15 is 0 Å². The third kappa shape index (κ3) is 5.75. The summed E-state index contributed by atoms with van der Waals surface area (Å²) < 4.78 is 5.55. The normalized spacial score (nSPS) is 13.5. The number of hydrogen-bond acceptors (Lipinski definition) is 2. The molecule has 1 unspecified atom stereocenters. The van der Waals surface area contributed by atoms with Gasteiger partial charge in [0.1, 0.15) is 0 Å². The molecule has 0 spiro atoms. The second-order valence-electron chi connectivity index (χ2n) is 5.80. The van der Waals surface area contributed by atoms with Gasteiger partial charge in [0.15, 0.2) is 0 Å². The van der Waals surface area contributed by atoms with E-state index in [1.807, 2.05) is 0 Å². The summed E-state index contributed by atoms with van der Waals surface area (Å²) >= 11 is 0. The molecular formula is C17H29NO. The van der Waals surface area contributed by atoms with Crippen LogP contribution in [0.5, 0.6) is 0 Å². The van der Waals surface area contributed by atoms with Gasteiger partial charge >= 0.3 is 0 Å². The van der Waals surface area contributed by atoms with Crippen molar-refractivity contribution in [2.24, 2.45) is 0 Å². The van der Waals surface area contributed by atoms with E-state index in [4.69, 9.17) is 4.74 Å². The molecule has 0 fully saturated rings. The molecule has 0 aliphatic heterocycles. The van der Waals surface area contributed by atoms with Crippen molar-refractivity contribution in [1.82, 2.24) is 5.32 Å². The number of likely N-dealkylation sites (N-methyl/N-ethyl adjacent to an activating group) is 1. The van der Waals surface area contributed by atoms with Crippen molar-refractivity contribution in [3.8, 4) is 0 Å². The molecule has 108 valence electrons. The zero-order valence-electron chi connectivity index (χ0n) is 13.1. The maximum atomic E-state index is 5.55. The second-order valence-corrected chi connectivity index (χ2v) is 5.80. The Bertz CT molecular complexity index is 356. The van der Waals surface area contributed by atoms with Gasteiger partial charge in [-0.2, -0.15) is 0 Å². The minimum atomic E-state index is -0.0732. The zero-order chi connectivity index (χ0) is 14.3. The molecule has 0 heterocycles. The van der Waals surface area contributed by atoms with E-state index in [-0.39, 0.29) is 5.60 Å². The third-order valence-electron chi connectivity index (χ3n) is 3.70. The van der Waals surface area contributed by atoms with Crippen molar-refractivity contribution in [3.05, 3.63) is 35.4 Å². The monoisotopic (exact) mass is 263 g/mol. The smallest absolute Gasteiger partial charge is 0.0637 e. The molecule has 0 saturated carbocycles. The summed E-state index contributed by atoms with van der Waals surface area (Å²) in [6.07, 6.45) is 3.19. The van der Waals surface area contributed by atoms with Gasteiger partial charge in [-0.25, -0.2) is 0 Å². The number of ether oxygens (including phenoxy) is 1. The standard InChI is InChI=1S/C17H29NO/c1-6-14-8-10-15(11-9-14)12-16(18-7-2)13-17(3,4)19-5/h8-11,16,18H,6-7,12-13H2,1-5H3.